The highest BCUT2D eigenvalue weighted by Gasteiger charge is 2.17. The molecule has 1 aromatic carbocycles. The van der Waals surface area contributed by atoms with Crippen LogP contribution in [0.1, 0.15) is 24.6 Å². The quantitative estimate of drug-likeness (QED) is 0.436. The van der Waals surface area contributed by atoms with Crippen molar-refractivity contribution in [2.45, 2.75) is 38.0 Å². The third-order valence-corrected chi connectivity index (χ3v) is 6.39. The van der Waals surface area contributed by atoms with Crippen molar-refractivity contribution in [2.24, 2.45) is 0 Å². The number of hydrogen-bond donors (Lipinski definition) is 1. The van der Waals surface area contributed by atoms with E-state index in [1.54, 1.807) is 15.9 Å². The Morgan fingerprint density at radius 2 is 2.07 bits per heavy atom. The third-order valence-electron chi connectivity index (χ3n) is 4.59. The van der Waals surface area contributed by atoms with Crippen LogP contribution >= 0.6 is 23.1 Å². The van der Waals surface area contributed by atoms with E-state index >= 15 is 0 Å². The second-order valence-electron chi connectivity index (χ2n) is 6.59. The Hall–Kier alpha value is -2.65. The van der Waals surface area contributed by atoms with E-state index in [2.05, 4.69) is 22.4 Å². The molecule has 9 heteroatoms. The number of carbonyl (C=O) groups is 1. The Morgan fingerprint density at radius 3 is 2.86 bits per heavy atom. The van der Waals surface area contributed by atoms with Gasteiger partial charge in [0.25, 0.3) is 5.56 Å². The SMILES string of the molecule is CCCCn1c(=O)c2ccccc2n2c(SCC(=O)NCc3cccs3)nnc12. The summed E-state index contributed by atoms with van der Waals surface area (Å²) in [4.78, 5) is 26.3. The predicted octanol–water partition coefficient (Wildman–Crippen LogP) is 3.31. The highest BCUT2D eigenvalue weighted by molar-refractivity contribution is 7.99. The van der Waals surface area contributed by atoms with Crippen molar-refractivity contribution in [1.29, 1.82) is 0 Å². The first kappa shape index (κ1) is 19.7. The molecular weight excluding hydrogens is 406 g/mol. The van der Waals surface area contributed by atoms with Gasteiger partial charge in [0, 0.05) is 11.4 Å². The number of thioether (sulfide) groups is 1. The first-order chi connectivity index (χ1) is 14.2. The van der Waals surface area contributed by atoms with E-state index in [1.165, 1.54) is 11.8 Å². The zero-order valence-electron chi connectivity index (χ0n) is 16.0. The van der Waals surface area contributed by atoms with Gasteiger partial charge in [-0.2, -0.15) is 0 Å². The number of rotatable bonds is 8. The Balaban J connectivity index is 1.62. The molecule has 29 heavy (non-hydrogen) atoms. The molecule has 3 heterocycles. The molecule has 0 radical (unpaired) electrons. The highest BCUT2D eigenvalue weighted by Crippen LogP contribution is 2.21. The molecule has 150 valence electrons. The van der Waals surface area contributed by atoms with Crippen LogP contribution in [0.3, 0.4) is 0 Å². The zero-order chi connectivity index (χ0) is 20.2. The summed E-state index contributed by atoms with van der Waals surface area (Å²) in [5.41, 5.74) is 0.700. The topological polar surface area (TPSA) is 81.3 Å². The van der Waals surface area contributed by atoms with E-state index in [-0.39, 0.29) is 17.2 Å². The number of unbranched alkanes of at least 4 members (excludes halogenated alkanes) is 1. The monoisotopic (exact) mass is 427 g/mol. The maximum atomic E-state index is 12.9. The van der Waals surface area contributed by atoms with Gasteiger partial charge in [-0.15, -0.1) is 21.5 Å². The van der Waals surface area contributed by atoms with Gasteiger partial charge >= 0.3 is 0 Å². The highest BCUT2D eigenvalue weighted by atomic mass is 32.2. The molecule has 0 unspecified atom stereocenters. The number of nitrogens with zero attached hydrogens (tertiary/aromatic N) is 4. The molecule has 4 aromatic rings. The van der Waals surface area contributed by atoms with Crippen molar-refractivity contribution >= 4 is 45.7 Å². The fraction of sp³-hybridized carbons (Fsp3) is 0.300. The Kier molecular flexibility index (Phi) is 5.96. The van der Waals surface area contributed by atoms with E-state index in [9.17, 15) is 9.59 Å². The summed E-state index contributed by atoms with van der Waals surface area (Å²) in [6, 6.07) is 11.4. The number of nitrogens with one attached hydrogen (secondary N) is 1. The summed E-state index contributed by atoms with van der Waals surface area (Å²) >= 11 is 2.93. The summed E-state index contributed by atoms with van der Waals surface area (Å²) in [5, 5.41) is 14.7. The molecule has 0 aliphatic carbocycles. The minimum absolute atomic E-state index is 0.0563. The first-order valence-electron chi connectivity index (χ1n) is 9.47. The molecule has 0 fully saturated rings. The van der Waals surface area contributed by atoms with Crippen molar-refractivity contribution < 1.29 is 4.79 Å². The van der Waals surface area contributed by atoms with Crippen LogP contribution in [-0.2, 0) is 17.9 Å². The molecule has 1 amide bonds. The normalized spacial score (nSPS) is 11.3. The molecule has 0 saturated carbocycles. The molecule has 0 bridgehead atoms. The van der Waals surface area contributed by atoms with E-state index in [0.29, 0.717) is 29.4 Å². The standard InChI is InChI=1S/C20H21N5O2S2/c1-2-3-10-24-18(27)15-8-4-5-9-16(15)25-19(24)22-23-20(25)29-13-17(26)21-12-14-7-6-11-28-14/h4-9,11H,2-3,10,12-13H2,1H3,(H,21,26). The van der Waals surface area contributed by atoms with Crippen LogP contribution in [0.2, 0.25) is 0 Å². The van der Waals surface area contributed by atoms with E-state index in [0.717, 1.165) is 23.2 Å². The number of thiophene rings is 1. The van der Waals surface area contributed by atoms with Crippen LogP contribution in [0.4, 0.5) is 0 Å². The van der Waals surface area contributed by atoms with Gasteiger partial charge in [0.05, 0.1) is 23.2 Å². The Morgan fingerprint density at radius 1 is 1.21 bits per heavy atom. The number of aromatic nitrogens is 4. The number of carbonyl (C=O) groups excluding carboxylic acids is 1. The zero-order valence-corrected chi connectivity index (χ0v) is 17.6. The van der Waals surface area contributed by atoms with Crippen LogP contribution in [0, 0.1) is 0 Å². The molecule has 0 atom stereocenters. The Labute approximate surface area is 175 Å². The predicted molar refractivity (Wildman–Crippen MR) is 117 cm³/mol. The maximum Gasteiger partial charge on any atom is 0.262 e. The molecule has 3 aromatic heterocycles. The number of hydrogen-bond acceptors (Lipinski definition) is 6. The fourth-order valence-corrected chi connectivity index (χ4v) is 4.54. The summed E-state index contributed by atoms with van der Waals surface area (Å²) < 4.78 is 3.56. The van der Waals surface area contributed by atoms with Gasteiger partial charge < -0.3 is 5.32 Å². The molecule has 7 nitrogen and oxygen atoms in total. The van der Waals surface area contributed by atoms with Crippen molar-refractivity contribution in [3.63, 3.8) is 0 Å². The number of amides is 1. The smallest absolute Gasteiger partial charge is 0.262 e. The van der Waals surface area contributed by atoms with Gasteiger partial charge in [-0.05, 0) is 30.0 Å². The summed E-state index contributed by atoms with van der Waals surface area (Å²) in [7, 11) is 0. The largest absolute Gasteiger partial charge is 0.350 e. The average Bonchev–Trinajstić information content (AvgIpc) is 3.41. The lowest BCUT2D eigenvalue weighted by Gasteiger charge is -2.10. The summed E-state index contributed by atoms with van der Waals surface area (Å²) in [5.74, 6) is 0.682. The van der Waals surface area contributed by atoms with Crippen LogP contribution in [0.25, 0.3) is 16.7 Å². The van der Waals surface area contributed by atoms with Gasteiger partial charge in [0.1, 0.15) is 0 Å². The van der Waals surface area contributed by atoms with Crippen LogP contribution in [0.5, 0.6) is 0 Å². The summed E-state index contributed by atoms with van der Waals surface area (Å²) in [6.45, 7) is 3.20. The van der Waals surface area contributed by atoms with Crippen molar-refractivity contribution in [3.8, 4) is 0 Å². The molecular formula is C20H21N5O2S2. The lowest BCUT2D eigenvalue weighted by atomic mass is 10.2. The average molecular weight is 428 g/mol. The van der Waals surface area contributed by atoms with Crippen LogP contribution < -0.4 is 10.9 Å². The minimum Gasteiger partial charge on any atom is -0.350 e. The maximum absolute atomic E-state index is 12.9. The summed E-state index contributed by atoms with van der Waals surface area (Å²) in [6.07, 6.45) is 1.86. The number of benzene rings is 1. The van der Waals surface area contributed by atoms with E-state index < -0.39 is 0 Å². The second-order valence-corrected chi connectivity index (χ2v) is 8.56. The third kappa shape index (κ3) is 4.06. The molecule has 0 saturated heterocycles. The molecule has 1 N–H and O–H groups in total. The van der Waals surface area contributed by atoms with Gasteiger partial charge in [-0.3, -0.25) is 18.6 Å². The van der Waals surface area contributed by atoms with Crippen molar-refractivity contribution in [3.05, 3.63) is 57.0 Å². The van der Waals surface area contributed by atoms with Crippen molar-refractivity contribution in [1.82, 2.24) is 24.5 Å². The van der Waals surface area contributed by atoms with E-state index in [4.69, 9.17) is 0 Å². The number of para-hydroxylation sites is 1. The van der Waals surface area contributed by atoms with Crippen LogP contribution in [-0.4, -0.2) is 30.8 Å². The molecule has 0 spiro atoms. The molecule has 0 aliphatic heterocycles. The van der Waals surface area contributed by atoms with E-state index in [1.807, 2.05) is 46.2 Å². The lowest BCUT2D eigenvalue weighted by Crippen LogP contribution is -2.24. The molecule has 4 rings (SSSR count). The van der Waals surface area contributed by atoms with Gasteiger partial charge in [-0.25, -0.2) is 0 Å². The molecule has 0 aliphatic rings. The fourth-order valence-electron chi connectivity index (χ4n) is 3.12. The Bertz CT molecular complexity index is 1200. The van der Waals surface area contributed by atoms with Gasteiger partial charge in [-0.1, -0.05) is 43.3 Å². The number of fused-ring (bicyclic) bond motifs is 3. The van der Waals surface area contributed by atoms with Crippen LogP contribution in [0.15, 0.2) is 51.7 Å². The number of aryl methyl sites for hydroxylation is 1. The minimum atomic E-state index is -0.0660. The van der Waals surface area contributed by atoms with Gasteiger partial charge in [0.15, 0.2) is 5.16 Å². The second kappa shape index (κ2) is 8.79. The lowest BCUT2D eigenvalue weighted by molar-refractivity contribution is -0.118. The first-order valence-corrected chi connectivity index (χ1v) is 11.3. The van der Waals surface area contributed by atoms with Gasteiger partial charge in [0.2, 0.25) is 11.7 Å². The van der Waals surface area contributed by atoms with Crippen molar-refractivity contribution in [2.75, 3.05) is 5.75 Å².